The summed E-state index contributed by atoms with van der Waals surface area (Å²) in [6.07, 6.45) is 1.54. The molecule has 0 aliphatic rings. The molecule has 11 heteroatoms. The molecule has 0 radical (unpaired) electrons. The van der Waals surface area contributed by atoms with Gasteiger partial charge in [-0.15, -0.1) is 0 Å². The molecule has 2 rings (SSSR count). The fraction of sp³-hybridized carbons (Fsp3) is 0. The maximum absolute atomic E-state index is 12.1. The van der Waals surface area contributed by atoms with E-state index < -0.39 is 22.9 Å². The molecule has 104 valence electrons. The number of aromatic amines is 2. The largest absolute Gasteiger partial charge is 0.412 e. The molecule has 0 saturated carbocycles. The number of hydrogen-bond donors (Lipinski definition) is 4. The second kappa shape index (κ2) is 6.80. The minimum absolute atomic E-state index is 0. The Balaban J connectivity index is 0.000000324. The van der Waals surface area contributed by atoms with Crippen molar-refractivity contribution in [3.63, 3.8) is 0 Å². The SMILES string of the molecule is Nc1[nH]c(=O)ncc1F.Nc1ncc(F)c(=O)[nH]1.O. The lowest BCUT2D eigenvalue weighted by Crippen LogP contribution is -2.13. The minimum atomic E-state index is -0.927. The number of nitrogens with two attached hydrogens (primary N) is 2. The van der Waals surface area contributed by atoms with Crippen molar-refractivity contribution in [1.82, 2.24) is 19.9 Å². The third-order valence-electron chi connectivity index (χ3n) is 1.57. The maximum atomic E-state index is 12.1. The quantitative estimate of drug-likeness (QED) is 0.439. The highest BCUT2D eigenvalue weighted by atomic mass is 19.1. The van der Waals surface area contributed by atoms with Crippen molar-refractivity contribution in [3.8, 4) is 0 Å². The number of H-pyrrole nitrogens is 2. The van der Waals surface area contributed by atoms with Gasteiger partial charge in [-0.25, -0.2) is 14.2 Å². The van der Waals surface area contributed by atoms with Gasteiger partial charge in [0.15, 0.2) is 11.8 Å². The molecule has 9 nitrogen and oxygen atoms in total. The Labute approximate surface area is 103 Å². The van der Waals surface area contributed by atoms with Gasteiger partial charge in [-0.3, -0.25) is 14.8 Å². The van der Waals surface area contributed by atoms with Crippen LogP contribution in [0.5, 0.6) is 0 Å². The molecule has 0 aliphatic carbocycles. The van der Waals surface area contributed by atoms with Crippen LogP contribution in [-0.4, -0.2) is 25.4 Å². The molecule has 2 heterocycles. The highest BCUT2D eigenvalue weighted by molar-refractivity contribution is 5.25. The van der Waals surface area contributed by atoms with E-state index in [-0.39, 0.29) is 17.2 Å². The lowest BCUT2D eigenvalue weighted by atomic mass is 10.6. The van der Waals surface area contributed by atoms with E-state index in [9.17, 15) is 18.4 Å². The highest BCUT2D eigenvalue weighted by Crippen LogP contribution is 1.96. The Morgan fingerprint density at radius 1 is 1.00 bits per heavy atom. The summed E-state index contributed by atoms with van der Waals surface area (Å²) in [4.78, 5) is 30.8. The van der Waals surface area contributed by atoms with E-state index in [2.05, 4.69) is 9.97 Å². The molecule has 0 aromatic carbocycles. The second-order valence-electron chi connectivity index (χ2n) is 2.90. The summed E-state index contributed by atoms with van der Waals surface area (Å²) in [6.45, 7) is 0. The summed E-state index contributed by atoms with van der Waals surface area (Å²) in [5.41, 5.74) is 8.45. The average Bonchev–Trinajstić information content (AvgIpc) is 2.30. The van der Waals surface area contributed by atoms with Crippen molar-refractivity contribution in [2.24, 2.45) is 0 Å². The zero-order chi connectivity index (χ0) is 13.7. The summed E-state index contributed by atoms with van der Waals surface area (Å²) < 4.78 is 24.2. The lowest BCUT2D eigenvalue weighted by Gasteiger charge is -1.89. The van der Waals surface area contributed by atoms with Gasteiger partial charge in [0.05, 0.1) is 12.4 Å². The minimum Gasteiger partial charge on any atom is -0.412 e. The standard InChI is InChI=1S/2C4H4FN3O.H2O/c5-2-1-7-4(6)8-3(2)9;5-2-1-7-4(9)8-3(2)6;/h2*1H,(H3,6,7,8,9);1H2. The van der Waals surface area contributed by atoms with Crippen molar-refractivity contribution in [2.45, 2.75) is 0 Å². The number of aromatic nitrogens is 4. The van der Waals surface area contributed by atoms with Crippen LogP contribution in [0.15, 0.2) is 22.0 Å². The molecule has 0 fully saturated rings. The summed E-state index contributed by atoms with van der Waals surface area (Å²) in [7, 11) is 0. The van der Waals surface area contributed by atoms with E-state index in [4.69, 9.17) is 11.5 Å². The monoisotopic (exact) mass is 276 g/mol. The van der Waals surface area contributed by atoms with E-state index >= 15 is 0 Å². The first-order valence-corrected chi connectivity index (χ1v) is 4.40. The summed E-state index contributed by atoms with van der Waals surface area (Å²) in [6, 6.07) is 0. The van der Waals surface area contributed by atoms with Crippen molar-refractivity contribution >= 4 is 11.8 Å². The molecule has 0 aliphatic heterocycles. The number of halogens is 2. The third kappa shape index (κ3) is 4.91. The molecule has 8 N–H and O–H groups in total. The summed E-state index contributed by atoms with van der Waals surface area (Å²) >= 11 is 0. The van der Waals surface area contributed by atoms with Gasteiger partial charge in [0.1, 0.15) is 5.82 Å². The van der Waals surface area contributed by atoms with Crippen LogP contribution < -0.4 is 22.7 Å². The van der Waals surface area contributed by atoms with Crippen LogP contribution >= 0.6 is 0 Å². The number of nitrogens with one attached hydrogen (secondary N) is 2. The van der Waals surface area contributed by atoms with Crippen LogP contribution in [0, 0.1) is 11.6 Å². The number of nitrogens with zero attached hydrogens (tertiary/aromatic N) is 2. The van der Waals surface area contributed by atoms with E-state index in [0.717, 1.165) is 12.4 Å². The van der Waals surface area contributed by atoms with Gasteiger partial charge >= 0.3 is 5.69 Å². The van der Waals surface area contributed by atoms with Crippen LogP contribution in [-0.2, 0) is 0 Å². The molecule has 0 bridgehead atoms. The van der Waals surface area contributed by atoms with Gasteiger partial charge in [-0.2, -0.15) is 9.37 Å². The number of nitrogen functional groups attached to an aromatic ring is 2. The summed E-state index contributed by atoms with van der Waals surface area (Å²) in [5.74, 6) is -2.00. The van der Waals surface area contributed by atoms with Crippen LogP contribution in [0.4, 0.5) is 20.5 Å². The molecule has 0 saturated heterocycles. The highest BCUT2D eigenvalue weighted by Gasteiger charge is 1.96. The third-order valence-corrected chi connectivity index (χ3v) is 1.57. The molecule has 0 atom stereocenters. The molecular weight excluding hydrogens is 266 g/mol. The van der Waals surface area contributed by atoms with Crippen molar-refractivity contribution < 1.29 is 14.3 Å². The van der Waals surface area contributed by atoms with Crippen molar-refractivity contribution in [3.05, 3.63) is 44.9 Å². The van der Waals surface area contributed by atoms with Gasteiger partial charge in [-0.05, 0) is 0 Å². The first-order valence-electron chi connectivity index (χ1n) is 4.40. The van der Waals surface area contributed by atoms with Gasteiger partial charge in [0.25, 0.3) is 5.56 Å². The Morgan fingerprint density at radius 2 is 1.58 bits per heavy atom. The van der Waals surface area contributed by atoms with E-state index in [0.29, 0.717) is 0 Å². The molecule has 0 amide bonds. The van der Waals surface area contributed by atoms with Crippen molar-refractivity contribution in [2.75, 3.05) is 11.5 Å². The smallest absolute Gasteiger partial charge is 0.346 e. The molecule has 2 aromatic heterocycles. The van der Waals surface area contributed by atoms with Crippen LogP contribution in [0.1, 0.15) is 0 Å². The van der Waals surface area contributed by atoms with Crippen LogP contribution in [0.25, 0.3) is 0 Å². The Hall–Kier alpha value is -2.82. The van der Waals surface area contributed by atoms with E-state index in [1.807, 2.05) is 9.97 Å². The average molecular weight is 276 g/mol. The van der Waals surface area contributed by atoms with Crippen molar-refractivity contribution in [1.29, 1.82) is 0 Å². The molecule has 0 spiro atoms. The number of anilines is 2. The summed E-state index contributed by atoms with van der Waals surface area (Å²) in [5, 5.41) is 0. The van der Waals surface area contributed by atoms with E-state index in [1.54, 1.807) is 0 Å². The Bertz CT molecular complexity index is 655. The molecular formula is C8H10F2N6O3. The fourth-order valence-corrected chi connectivity index (χ4v) is 0.785. The number of rotatable bonds is 0. The zero-order valence-electron chi connectivity index (χ0n) is 9.28. The first-order chi connectivity index (χ1) is 8.40. The molecule has 19 heavy (non-hydrogen) atoms. The first kappa shape index (κ1) is 16.2. The number of hydrogen-bond acceptors (Lipinski definition) is 6. The Morgan fingerprint density at radius 3 is 2.00 bits per heavy atom. The molecule has 0 unspecified atom stereocenters. The Kier molecular flexibility index (Phi) is 5.79. The topological polar surface area (TPSA) is 175 Å². The zero-order valence-corrected chi connectivity index (χ0v) is 9.28. The normalized spacial score (nSPS) is 8.95. The van der Waals surface area contributed by atoms with E-state index in [1.165, 1.54) is 0 Å². The predicted molar refractivity (Wildman–Crippen MR) is 62.1 cm³/mol. The predicted octanol–water partition coefficient (Wildman–Crippen LogP) is -1.84. The maximum Gasteiger partial charge on any atom is 0.346 e. The second-order valence-corrected chi connectivity index (χ2v) is 2.90. The lowest BCUT2D eigenvalue weighted by molar-refractivity contribution is 0.601. The van der Waals surface area contributed by atoms with Crippen LogP contribution in [0.3, 0.4) is 0 Å². The van der Waals surface area contributed by atoms with Gasteiger partial charge in [0, 0.05) is 0 Å². The van der Waals surface area contributed by atoms with Gasteiger partial charge in [-0.1, -0.05) is 0 Å². The fourth-order valence-electron chi connectivity index (χ4n) is 0.785. The van der Waals surface area contributed by atoms with Gasteiger partial charge in [0.2, 0.25) is 5.82 Å². The molecule has 2 aromatic rings. The van der Waals surface area contributed by atoms with Gasteiger partial charge < -0.3 is 16.9 Å². The van der Waals surface area contributed by atoms with Crippen LogP contribution in [0.2, 0.25) is 0 Å².